The molecule has 32 heavy (non-hydrogen) atoms. The van der Waals surface area contributed by atoms with Crippen LogP contribution in [0.3, 0.4) is 0 Å². The molecule has 0 saturated heterocycles. The Hall–Kier alpha value is -4.34. The second-order valence-electron chi connectivity index (χ2n) is 6.95. The summed E-state index contributed by atoms with van der Waals surface area (Å²) in [4.78, 5) is 34.9. The average Bonchev–Trinajstić information content (AvgIpc) is 3.05. The zero-order valence-electron chi connectivity index (χ0n) is 17.7. The predicted molar refractivity (Wildman–Crippen MR) is 117 cm³/mol. The van der Waals surface area contributed by atoms with Crippen LogP contribution in [0.25, 0.3) is 0 Å². The second-order valence-corrected chi connectivity index (χ2v) is 6.95. The van der Waals surface area contributed by atoms with Crippen LogP contribution in [0.5, 0.6) is 5.75 Å². The summed E-state index contributed by atoms with van der Waals surface area (Å²) in [5.41, 5.74) is 4.54. The van der Waals surface area contributed by atoms with Gasteiger partial charge in [0.2, 0.25) is 0 Å². The van der Waals surface area contributed by atoms with Crippen molar-refractivity contribution >= 4 is 23.3 Å². The number of aryl methyl sites for hydroxylation is 1. The molecule has 0 aliphatic carbocycles. The third-order valence-corrected chi connectivity index (χ3v) is 4.66. The molecule has 0 radical (unpaired) electrons. The molecule has 0 saturated carbocycles. The first-order chi connectivity index (χ1) is 15.3. The molecule has 0 spiro atoms. The van der Waals surface area contributed by atoms with Gasteiger partial charge in [-0.15, -0.1) is 0 Å². The molecule has 0 bridgehead atoms. The summed E-state index contributed by atoms with van der Waals surface area (Å²) in [6.45, 7) is 4.56. The Morgan fingerprint density at radius 1 is 1.09 bits per heavy atom. The Balaban J connectivity index is 1.60. The van der Waals surface area contributed by atoms with Gasteiger partial charge in [0.15, 0.2) is 0 Å². The lowest BCUT2D eigenvalue weighted by Gasteiger charge is -2.07. The van der Waals surface area contributed by atoms with Crippen LogP contribution in [0.1, 0.15) is 34.2 Å². The lowest BCUT2D eigenvalue weighted by molar-refractivity contribution is -0.386. The highest BCUT2D eigenvalue weighted by Gasteiger charge is 2.22. The van der Waals surface area contributed by atoms with Crippen molar-refractivity contribution in [3.05, 3.63) is 87.2 Å². The first kappa shape index (κ1) is 22.3. The highest BCUT2D eigenvalue weighted by molar-refractivity contribution is 5.99. The molecular weight excluding hydrogens is 414 g/mol. The molecule has 0 atom stereocenters. The van der Waals surface area contributed by atoms with E-state index in [1.807, 2.05) is 6.07 Å². The van der Waals surface area contributed by atoms with Crippen LogP contribution in [0.2, 0.25) is 0 Å². The van der Waals surface area contributed by atoms with Crippen LogP contribution in [-0.2, 0) is 11.3 Å². The van der Waals surface area contributed by atoms with E-state index >= 15 is 0 Å². The molecule has 1 amide bonds. The number of hydrogen-bond acceptors (Lipinski definition) is 7. The number of carbonyl (C=O) groups is 2. The monoisotopic (exact) mass is 435 g/mol. The third kappa shape index (κ3) is 5.22. The van der Waals surface area contributed by atoms with E-state index in [4.69, 9.17) is 4.74 Å². The van der Waals surface area contributed by atoms with Crippen LogP contribution in [0, 0.1) is 24.0 Å². The average molecular weight is 435 g/mol. The van der Waals surface area contributed by atoms with Gasteiger partial charge in [-0.05, 0) is 62.7 Å². The Morgan fingerprint density at radius 3 is 2.34 bits per heavy atom. The molecular formula is C22H21N5O5. The number of ether oxygens (including phenoxy) is 1. The zero-order valence-corrected chi connectivity index (χ0v) is 17.7. The number of hydrogen-bond donors (Lipinski definition) is 1. The number of nitrogens with zero attached hydrogens (tertiary/aromatic N) is 4. The van der Waals surface area contributed by atoms with Crippen molar-refractivity contribution in [1.29, 1.82) is 0 Å². The van der Waals surface area contributed by atoms with Crippen molar-refractivity contribution in [2.45, 2.75) is 27.3 Å². The van der Waals surface area contributed by atoms with E-state index in [0.29, 0.717) is 28.3 Å². The summed E-state index contributed by atoms with van der Waals surface area (Å²) < 4.78 is 6.60. The van der Waals surface area contributed by atoms with Gasteiger partial charge in [0, 0.05) is 0 Å². The van der Waals surface area contributed by atoms with Crippen LogP contribution in [0.15, 0.2) is 59.7 Å². The SMILES string of the molecule is C/C(=N\NC(=O)Cn1nc(C)c([N+](=O)[O-])c1C)c1ccc(OC(=O)c2ccccc2)cc1. The van der Waals surface area contributed by atoms with Crippen molar-refractivity contribution in [2.75, 3.05) is 0 Å². The van der Waals surface area contributed by atoms with Gasteiger partial charge in [0.05, 0.1) is 16.2 Å². The highest BCUT2D eigenvalue weighted by Crippen LogP contribution is 2.21. The molecule has 10 heteroatoms. The Bertz CT molecular complexity index is 1180. The molecule has 3 rings (SSSR count). The standard InChI is InChI=1S/C22H21N5O5/c1-14(23-24-20(28)13-26-16(3)21(27(30)31)15(2)25-26)17-9-11-19(12-10-17)32-22(29)18-7-5-4-6-8-18/h4-12H,13H2,1-3H3,(H,24,28)/b23-14+. The summed E-state index contributed by atoms with van der Waals surface area (Å²) in [6, 6.07) is 15.3. The maximum absolute atomic E-state index is 12.2. The van der Waals surface area contributed by atoms with Crippen molar-refractivity contribution in [3.8, 4) is 5.75 Å². The molecule has 164 valence electrons. The second kappa shape index (κ2) is 9.65. The van der Waals surface area contributed by atoms with Gasteiger partial charge in [0.1, 0.15) is 23.7 Å². The molecule has 0 fully saturated rings. The summed E-state index contributed by atoms with van der Waals surface area (Å²) >= 11 is 0. The van der Waals surface area contributed by atoms with Crippen LogP contribution < -0.4 is 10.2 Å². The first-order valence-electron chi connectivity index (χ1n) is 9.65. The normalized spacial score (nSPS) is 11.2. The van der Waals surface area contributed by atoms with E-state index in [1.165, 1.54) is 18.5 Å². The fourth-order valence-electron chi connectivity index (χ4n) is 2.99. The van der Waals surface area contributed by atoms with Crippen molar-refractivity contribution in [2.24, 2.45) is 5.10 Å². The Morgan fingerprint density at radius 2 is 1.75 bits per heavy atom. The number of amides is 1. The van der Waals surface area contributed by atoms with E-state index < -0.39 is 16.8 Å². The zero-order chi connectivity index (χ0) is 23.3. The number of nitro groups is 1. The van der Waals surface area contributed by atoms with Crippen molar-refractivity contribution in [3.63, 3.8) is 0 Å². The van der Waals surface area contributed by atoms with E-state index in [2.05, 4.69) is 15.6 Å². The largest absolute Gasteiger partial charge is 0.423 e. The van der Waals surface area contributed by atoms with Crippen LogP contribution >= 0.6 is 0 Å². The van der Waals surface area contributed by atoms with Crippen molar-refractivity contribution in [1.82, 2.24) is 15.2 Å². The Kier molecular flexibility index (Phi) is 6.74. The molecule has 10 nitrogen and oxygen atoms in total. The number of benzene rings is 2. The number of hydrazone groups is 1. The van der Waals surface area contributed by atoms with Gasteiger partial charge >= 0.3 is 11.7 Å². The first-order valence-corrected chi connectivity index (χ1v) is 9.65. The lowest BCUT2D eigenvalue weighted by Crippen LogP contribution is -2.25. The van der Waals surface area contributed by atoms with E-state index in [-0.39, 0.29) is 17.9 Å². The summed E-state index contributed by atoms with van der Waals surface area (Å²) in [5, 5.41) is 19.2. The highest BCUT2D eigenvalue weighted by atomic mass is 16.6. The number of rotatable bonds is 7. The molecule has 1 aromatic heterocycles. The molecule has 3 aromatic rings. The summed E-state index contributed by atoms with van der Waals surface area (Å²) in [6.07, 6.45) is 0. The van der Waals surface area contributed by atoms with Crippen LogP contribution in [0.4, 0.5) is 5.69 Å². The Labute approximate surface area is 183 Å². The van der Waals surface area contributed by atoms with E-state index in [0.717, 1.165) is 0 Å². The number of esters is 1. The number of carbonyl (C=O) groups excluding carboxylic acids is 2. The quantitative estimate of drug-likeness (QED) is 0.200. The van der Waals surface area contributed by atoms with Crippen molar-refractivity contribution < 1.29 is 19.2 Å². The minimum Gasteiger partial charge on any atom is -0.423 e. The van der Waals surface area contributed by atoms with Crippen LogP contribution in [-0.4, -0.2) is 32.3 Å². The lowest BCUT2D eigenvalue weighted by atomic mass is 10.1. The molecule has 0 aliphatic heterocycles. The van der Waals surface area contributed by atoms with Gasteiger partial charge in [0.25, 0.3) is 5.91 Å². The minimum atomic E-state index is -0.519. The van der Waals surface area contributed by atoms with E-state index in [9.17, 15) is 19.7 Å². The minimum absolute atomic E-state index is 0.106. The van der Waals surface area contributed by atoms with E-state index in [1.54, 1.807) is 55.5 Å². The molecule has 1 heterocycles. The molecule has 1 N–H and O–H groups in total. The number of nitrogens with one attached hydrogen (secondary N) is 1. The van der Waals surface area contributed by atoms with Gasteiger partial charge in [-0.1, -0.05) is 18.2 Å². The summed E-state index contributed by atoms with van der Waals surface area (Å²) in [7, 11) is 0. The van der Waals surface area contributed by atoms with Gasteiger partial charge < -0.3 is 4.74 Å². The number of aromatic nitrogens is 2. The maximum Gasteiger partial charge on any atom is 0.343 e. The van der Waals surface area contributed by atoms with Gasteiger partial charge in [-0.3, -0.25) is 19.6 Å². The predicted octanol–water partition coefficient (Wildman–Crippen LogP) is 3.17. The van der Waals surface area contributed by atoms with Gasteiger partial charge in [-0.2, -0.15) is 10.2 Å². The fourth-order valence-corrected chi connectivity index (χ4v) is 2.99. The molecule has 2 aromatic carbocycles. The third-order valence-electron chi connectivity index (χ3n) is 4.66. The maximum atomic E-state index is 12.2. The fraction of sp³-hybridized carbons (Fsp3) is 0.182. The topological polar surface area (TPSA) is 129 Å². The molecule has 0 aliphatic rings. The smallest absolute Gasteiger partial charge is 0.343 e. The molecule has 0 unspecified atom stereocenters. The summed E-state index contributed by atoms with van der Waals surface area (Å²) in [5.74, 6) is -0.552. The van der Waals surface area contributed by atoms with Gasteiger partial charge in [-0.25, -0.2) is 10.2 Å².